The van der Waals surface area contributed by atoms with Crippen molar-refractivity contribution in [2.75, 3.05) is 11.9 Å². The van der Waals surface area contributed by atoms with Crippen molar-refractivity contribution in [2.45, 2.75) is 32.7 Å². The topological polar surface area (TPSA) is 95.6 Å². The third-order valence-electron chi connectivity index (χ3n) is 2.76. The first-order chi connectivity index (χ1) is 9.94. The number of benzene rings is 1. The molecule has 0 aliphatic rings. The van der Waals surface area contributed by atoms with E-state index in [0.717, 1.165) is 11.3 Å². The van der Waals surface area contributed by atoms with Gasteiger partial charge in [-0.2, -0.15) is 5.21 Å². The molecule has 21 heavy (non-hydrogen) atoms. The van der Waals surface area contributed by atoms with Crippen LogP contribution in [0.5, 0.6) is 0 Å². The fraction of sp³-hybridized carbons (Fsp3) is 0.429. The van der Waals surface area contributed by atoms with Crippen molar-refractivity contribution in [1.82, 2.24) is 25.9 Å². The second kappa shape index (κ2) is 6.45. The number of nitrogens with one attached hydrogen (secondary N) is 3. The van der Waals surface area contributed by atoms with Gasteiger partial charge in [-0.3, -0.25) is 4.79 Å². The molecule has 2 aromatic rings. The predicted molar refractivity (Wildman–Crippen MR) is 80.6 cm³/mol. The summed E-state index contributed by atoms with van der Waals surface area (Å²) in [5.41, 5.74) is 1.53. The van der Waals surface area contributed by atoms with Crippen LogP contribution in [0.1, 0.15) is 27.2 Å². The molecular weight excluding hydrogens is 268 g/mol. The molecule has 2 rings (SSSR count). The van der Waals surface area contributed by atoms with Crippen molar-refractivity contribution in [3.8, 4) is 11.4 Å². The molecule has 0 aliphatic heterocycles. The van der Waals surface area contributed by atoms with Crippen molar-refractivity contribution in [1.29, 1.82) is 0 Å². The van der Waals surface area contributed by atoms with Gasteiger partial charge in [0, 0.05) is 29.8 Å². The van der Waals surface area contributed by atoms with E-state index in [-0.39, 0.29) is 11.4 Å². The number of carbonyl (C=O) groups excluding carboxylic acids is 1. The van der Waals surface area contributed by atoms with E-state index in [2.05, 4.69) is 52.0 Å². The van der Waals surface area contributed by atoms with Crippen LogP contribution >= 0.6 is 0 Å². The average Bonchev–Trinajstić information content (AvgIpc) is 2.91. The highest BCUT2D eigenvalue weighted by atomic mass is 16.1. The Bertz CT molecular complexity index is 588. The molecule has 7 heteroatoms. The number of hydrogen-bond donors (Lipinski definition) is 3. The van der Waals surface area contributed by atoms with Crippen LogP contribution < -0.4 is 10.6 Å². The molecule has 0 saturated heterocycles. The van der Waals surface area contributed by atoms with E-state index in [9.17, 15) is 4.79 Å². The zero-order valence-corrected chi connectivity index (χ0v) is 12.5. The molecule has 1 aromatic heterocycles. The van der Waals surface area contributed by atoms with Crippen LogP contribution in [0, 0.1) is 0 Å². The van der Waals surface area contributed by atoms with Gasteiger partial charge in [0.2, 0.25) is 11.7 Å². The van der Waals surface area contributed by atoms with Gasteiger partial charge in [0.05, 0.1) is 0 Å². The highest BCUT2D eigenvalue weighted by Gasteiger charge is 2.10. The number of tetrazole rings is 1. The van der Waals surface area contributed by atoms with Gasteiger partial charge in [-0.1, -0.05) is 12.1 Å². The summed E-state index contributed by atoms with van der Waals surface area (Å²) in [6.45, 7) is 6.84. The summed E-state index contributed by atoms with van der Waals surface area (Å²) < 4.78 is 0. The van der Waals surface area contributed by atoms with Crippen molar-refractivity contribution in [2.24, 2.45) is 0 Å². The number of aromatic nitrogens is 4. The molecule has 1 amide bonds. The lowest BCUT2D eigenvalue weighted by Crippen LogP contribution is -2.37. The largest absolute Gasteiger partial charge is 0.326 e. The number of anilines is 1. The van der Waals surface area contributed by atoms with E-state index in [1.165, 1.54) is 0 Å². The first kappa shape index (κ1) is 15.1. The van der Waals surface area contributed by atoms with Crippen molar-refractivity contribution >= 4 is 11.6 Å². The van der Waals surface area contributed by atoms with Gasteiger partial charge < -0.3 is 10.6 Å². The highest BCUT2D eigenvalue weighted by Crippen LogP contribution is 2.18. The van der Waals surface area contributed by atoms with Gasteiger partial charge in [0.1, 0.15) is 0 Å². The maximum atomic E-state index is 11.9. The standard InChI is InChI=1S/C14H20N6O/c1-14(2,3)15-8-7-12(21)16-11-6-4-5-10(9-11)13-17-19-20-18-13/h4-6,9,15H,7-8H2,1-3H3,(H,16,21)(H,17,18,19,20). The molecule has 0 aliphatic carbocycles. The van der Waals surface area contributed by atoms with E-state index in [4.69, 9.17) is 0 Å². The monoisotopic (exact) mass is 288 g/mol. The first-order valence-corrected chi connectivity index (χ1v) is 6.83. The molecule has 0 unspecified atom stereocenters. The third kappa shape index (κ3) is 4.96. The maximum absolute atomic E-state index is 11.9. The Kier molecular flexibility index (Phi) is 4.64. The number of rotatable bonds is 5. The molecule has 0 radical (unpaired) electrons. The molecule has 0 saturated carbocycles. The Balaban J connectivity index is 1.91. The van der Waals surface area contributed by atoms with E-state index in [1.807, 2.05) is 24.3 Å². The van der Waals surface area contributed by atoms with E-state index >= 15 is 0 Å². The second-order valence-electron chi connectivity index (χ2n) is 5.79. The Hall–Kier alpha value is -2.28. The lowest BCUT2D eigenvalue weighted by molar-refractivity contribution is -0.116. The van der Waals surface area contributed by atoms with Crippen LogP contribution in [-0.4, -0.2) is 38.6 Å². The molecule has 3 N–H and O–H groups in total. The average molecular weight is 288 g/mol. The zero-order valence-electron chi connectivity index (χ0n) is 12.5. The van der Waals surface area contributed by atoms with Crippen LogP contribution in [0.2, 0.25) is 0 Å². The molecule has 1 aromatic carbocycles. The van der Waals surface area contributed by atoms with Crippen LogP contribution in [0.15, 0.2) is 24.3 Å². The lowest BCUT2D eigenvalue weighted by Gasteiger charge is -2.20. The predicted octanol–water partition coefficient (Wildman–Crippen LogP) is 1.58. The summed E-state index contributed by atoms with van der Waals surface area (Å²) in [7, 11) is 0. The highest BCUT2D eigenvalue weighted by molar-refractivity contribution is 5.91. The van der Waals surface area contributed by atoms with Gasteiger partial charge in [-0.15, -0.1) is 10.2 Å². The molecule has 1 heterocycles. The number of hydrogen-bond acceptors (Lipinski definition) is 5. The van der Waals surface area contributed by atoms with Crippen LogP contribution in [0.25, 0.3) is 11.4 Å². The van der Waals surface area contributed by atoms with Crippen molar-refractivity contribution in [3.63, 3.8) is 0 Å². The Morgan fingerprint density at radius 1 is 1.33 bits per heavy atom. The maximum Gasteiger partial charge on any atom is 0.225 e. The lowest BCUT2D eigenvalue weighted by atomic mass is 10.1. The number of amides is 1. The Labute approximate surface area is 123 Å². The number of carbonyl (C=O) groups is 1. The van der Waals surface area contributed by atoms with E-state index in [1.54, 1.807) is 0 Å². The first-order valence-electron chi connectivity index (χ1n) is 6.83. The second-order valence-corrected chi connectivity index (χ2v) is 5.79. The van der Waals surface area contributed by atoms with Crippen LogP contribution in [0.4, 0.5) is 5.69 Å². The minimum absolute atomic E-state index is 0.0127. The fourth-order valence-electron chi connectivity index (χ4n) is 1.79. The summed E-state index contributed by atoms with van der Waals surface area (Å²) in [6.07, 6.45) is 0.420. The van der Waals surface area contributed by atoms with E-state index < -0.39 is 0 Å². The summed E-state index contributed by atoms with van der Waals surface area (Å²) in [4.78, 5) is 11.9. The summed E-state index contributed by atoms with van der Waals surface area (Å²) in [6, 6.07) is 7.36. The molecule has 0 spiro atoms. The summed E-state index contributed by atoms with van der Waals surface area (Å²) in [5, 5.41) is 19.9. The molecule has 0 atom stereocenters. The van der Waals surface area contributed by atoms with Gasteiger partial charge in [0.25, 0.3) is 0 Å². The Morgan fingerprint density at radius 3 is 2.81 bits per heavy atom. The molecular formula is C14H20N6O. The van der Waals surface area contributed by atoms with Gasteiger partial charge in [-0.05, 0) is 38.1 Å². The van der Waals surface area contributed by atoms with E-state index in [0.29, 0.717) is 18.8 Å². The fourth-order valence-corrected chi connectivity index (χ4v) is 1.79. The van der Waals surface area contributed by atoms with Crippen LogP contribution in [0.3, 0.4) is 0 Å². The number of nitrogens with zero attached hydrogens (tertiary/aromatic N) is 3. The molecule has 0 bridgehead atoms. The SMILES string of the molecule is CC(C)(C)NCCC(=O)Nc1cccc(-c2nn[nH]n2)c1. The Morgan fingerprint density at radius 2 is 2.14 bits per heavy atom. The van der Waals surface area contributed by atoms with Crippen LogP contribution in [-0.2, 0) is 4.79 Å². The van der Waals surface area contributed by atoms with Crippen molar-refractivity contribution in [3.05, 3.63) is 24.3 Å². The summed E-state index contributed by atoms with van der Waals surface area (Å²) >= 11 is 0. The summed E-state index contributed by atoms with van der Waals surface area (Å²) in [5.74, 6) is 0.470. The van der Waals surface area contributed by atoms with Crippen molar-refractivity contribution < 1.29 is 4.79 Å². The third-order valence-corrected chi connectivity index (χ3v) is 2.76. The van der Waals surface area contributed by atoms with Gasteiger partial charge >= 0.3 is 0 Å². The smallest absolute Gasteiger partial charge is 0.225 e. The molecule has 0 fully saturated rings. The number of H-pyrrole nitrogens is 1. The minimum Gasteiger partial charge on any atom is -0.326 e. The minimum atomic E-state index is -0.0305. The quantitative estimate of drug-likeness (QED) is 0.776. The number of aromatic amines is 1. The van der Waals surface area contributed by atoms with Gasteiger partial charge in [0.15, 0.2) is 0 Å². The molecule has 112 valence electrons. The molecule has 7 nitrogen and oxygen atoms in total. The zero-order chi connectivity index (χ0) is 15.3. The normalized spacial score (nSPS) is 11.4. The van der Waals surface area contributed by atoms with Gasteiger partial charge in [-0.25, -0.2) is 0 Å².